The number of hydrogen-bond donors (Lipinski definition) is 0. The van der Waals surface area contributed by atoms with E-state index in [0.717, 1.165) is 9.52 Å². The molecule has 0 unspecified atom stereocenters. The van der Waals surface area contributed by atoms with Gasteiger partial charge in [-0.25, -0.2) is 0 Å². The summed E-state index contributed by atoms with van der Waals surface area (Å²) in [5.74, 6) is 0. The van der Waals surface area contributed by atoms with E-state index >= 15 is 0 Å². The number of fused-ring (bicyclic) bond motifs is 2. The summed E-state index contributed by atoms with van der Waals surface area (Å²) in [4.78, 5) is 0. The van der Waals surface area contributed by atoms with Crippen molar-refractivity contribution in [3.63, 3.8) is 0 Å². The van der Waals surface area contributed by atoms with E-state index in [-0.39, 0.29) is 21.7 Å². The van der Waals surface area contributed by atoms with Crippen LogP contribution >= 0.6 is 17.0 Å². The van der Waals surface area contributed by atoms with Gasteiger partial charge in [-0.2, -0.15) is 12.1 Å². The van der Waals surface area contributed by atoms with Crippen LogP contribution in [0.5, 0.6) is 0 Å². The zero-order valence-corrected chi connectivity index (χ0v) is 39.1. The fraction of sp³-hybridized carbons (Fsp3) is 0.375. The van der Waals surface area contributed by atoms with Crippen LogP contribution in [0.4, 0.5) is 0 Å². The Balaban J connectivity index is 0.000000244. The summed E-state index contributed by atoms with van der Waals surface area (Å²) >= 11 is -0.826. The Morgan fingerprint density at radius 3 is 1.02 bits per heavy atom. The summed E-state index contributed by atoms with van der Waals surface area (Å²) < 4.78 is 0. The van der Waals surface area contributed by atoms with Gasteiger partial charge >= 0.3 is 37.9 Å². The maximum absolute atomic E-state index is 4.93. The monoisotopic (exact) mass is 824 g/mol. The quantitative estimate of drug-likeness (QED) is 0.121. The van der Waals surface area contributed by atoms with E-state index in [0.29, 0.717) is 0 Å². The van der Waals surface area contributed by atoms with Crippen LogP contribution in [0.15, 0.2) is 109 Å². The van der Waals surface area contributed by atoms with E-state index in [1.165, 1.54) is 66.1 Å². The van der Waals surface area contributed by atoms with E-state index in [1.807, 2.05) is 0 Å². The van der Waals surface area contributed by atoms with Crippen molar-refractivity contribution in [1.29, 1.82) is 0 Å². The summed E-state index contributed by atoms with van der Waals surface area (Å²) in [5, 5.41) is 5.43. The molecule has 0 saturated heterocycles. The topological polar surface area (TPSA) is 0 Å². The average molecular weight is 827 g/mol. The molecule has 0 aliphatic carbocycles. The van der Waals surface area contributed by atoms with Crippen molar-refractivity contribution in [1.82, 2.24) is 0 Å². The van der Waals surface area contributed by atoms with Gasteiger partial charge in [-0.3, -0.25) is 0 Å². The molecule has 0 aromatic heterocycles. The number of rotatable bonds is 2. The van der Waals surface area contributed by atoms with E-state index < -0.39 is 20.8 Å². The number of halogens is 2. The Morgan fingerprint density at radius 2 is 0.731 bits per heavy atom. The van der Waals surface area contributed by atoms with Crippen molar-refractivity contribution in [3.05, 3.63) is 131 Å². The van der Waals surface area contributed by atoms with Gasteiger partial charge in [0.05, 0.1) is 0 Å². The van der Waals surface area contributed by atoms with Crippen LogP contribution in [0.3, 0.4) is 0 Å². The first-order valence-corrected chi connectivity index (χ1v) is 26.7. The Labute approximate surface area is 338 Å². The first-order valence-electron chi connectivity index (χ1n) is 18.3. The van der Waals surface area contributed by atoms with Crippen molar-refractivity contribution >= 4 is 48.1 Å². The van der Waals surface area contributed by atoms with E-state index in [2.05, 4.69) is 205 Å². The number of benzene rings is 4. The van der Waals surface area contributed by atoms with Crippen molar-refractivity contribution < 1.29 is 20.8 Å². The third-order valence-electron chi connectivity index (χ3n) is 9.28. The molecule has 0 saturated carbocycles. The van der Waals surface area contributed by atoms with Crippen LogP contribution < -0.4 is 0 Å². The van der Waals surface area contributed by atoms with Crippen molar-refractivity contribution in [3.8, 4) is 22.3 Å². The fourth-order valence-corrected chi connectivity index (χ4v) is 6.55. The van der Waals surface area contributed by atoms with Gasteiger partial charge in [-0.05, 0) is 43.9 Å². The molecule has 0 fully saturated rings. The van der Waals surface area contributed by atoms with Crippen LogP contribution in [0.1, 0.15) is 105 Å². The SMILES string of the molecule is CC(C)(C)c1cc2c(-c3ccccc3C(C)(C)C)cccc2[cH-]1.CC(C)(C)c1cc2c(-c3ccccc3C(C)(C)C)cccc2[cH-]1.C[Si]C.[Cl][Zr+2][Cl]. The van der Waals surface area contributed by atoms with Crippen LogP contribution in [0.25, 0.3) is 43.8 Å². The molecule has 6 aromatic rings. The van der Waals surface area contributed by atoms with Crippen molar-refractivity contribution in [2.75, 3.05) is 0 Å². The van der Waals surface area contributed by atoms with Crippen LogP contribution in [-0.2, 0) is 42.5 Å². The molecular formula is C48H60Cl2SiZr. The third kappa shape index (κ3) is 11.4. The van der Waals surface area contributed by atoms with Gasteiger partial charge in [-0.15, -0.1) is 69.1 Å². The summed E-state index contributed by atoms with van der Waals surface area (Å²) in [7, 11) is 11.0. The second-order valence-electron chi connectivity index (χ2n) is 17.8. The molecule has 0 nitrogen and oxygen atoms in total. The zero-order chi connectivity index (χ0) is 39.1. The Bertz CT molecular complexity index is 1870. The molecule has 0 N–H and O–H groups in total. The van der Waals surface area contributed by atoms with Gasteiger partial charge in [0.15, 0.2) is 0 Å². The summed E-state index contributed by atoms with van der Waals surface area (Å²) in [6.07, 6.45) is 0. The molecule has 6 aromatic carbocycles. The average Bonchev–Trinajstić information content (AvgIpc) is 3.71. The van der Waals surface area contributed by atoms with Gasteiger partial charge in [0, 0.05) is 9.52 Å². The number of hydrogen-bond acceptors (Lipinski definition) is 0. The molecule has 0 amide bonds. The molecule has 2 radical (unpaired) electrons. The zero-order valence-electron chi connectivity index (χ0n) is 34.1. The Kier molecular flexibility index (Phi) is 15.6. The first kappa shape index (κ1) is 44.2. The molecule has 0 bridgehead atoms. The second-order valence-corrected chi connectivity index (χ2v) is 22.5. The van der Waals surface area contributed by atoms with Gasteiger partial charge in [0.1, 0.15) is 0 Å². The summed E-state index contributed by atoms with van der Waals surface area (Å²) in [5.41, 5.74) is 11.7. The van der Waals surface area contributed by atoms with Crippen LogP contribution in [0.2, 0.25) is 13.1 Å². The predicted molar refractivity (Wildman–Crippen MR) is 234 cm³/mol. The van der Waals surface area contributed by atoms with Crippen LogP contribution in [0, 0.1) is 0 Å². The molecule has 274 valence electrons. The third-order valence-corrected chi connectivity index (χ3v) is 9.28. The molecular weight excluding hydrogens is 767 g/mol. The molecule has 52 heavy (non-hydrogen) atoms. The van der Waals surface area contributed by atoms with Crippen LogP contribution in [-0.4, -0.2) is 9.52 Å². The van der Waals surface area contributed by atoms with Gasteiger partial charge in [0.25, 0.3) is 0 Å². The molecule has 0 spiro atoms. The molecule has 4 heteroatoms. The van der Waals surface area contributed by atoms with Gasteiger partial charge in [-0.1, -0.05) is 168 Å². The van der Waals surface area contributed by atoms with Gasteiger partial charge in [0.2, 0.25) is 0 Å². The normalized spacial score (nSPS) is 11.8. The minimum absolute atomic E-state index is 0.137. The molecule has 0 atom stereocenters. The fourth-order valence-electron chi connectivity index (χ4n) is 6.55. The molecule has 0 heterocycles. The summed E-state index contributed by atoms with van der Waals surface area (Å²) in [6, 6.07) is 40.5. The molecule has 6 rings (SSSR count). The molecule has 0 aliphatic heterocycles. The Morgan fingerprint density at radius 1 is 0.442 bits per heavy atom. The minimum atomic E-state index is -0.826. The van der Waals surface area contributed by atoms with E-state index in [4.69, 9.17) is 17.0 Å². The predicted octanol–water partition coefficient (Wildman–Crippen LogP) is 15.8. The van der Waals surface area contributed by atoms with E-state index in [9.17, 15) is 0 Å². The molecule has 0 aliphatic rings. The Hall–Kier alpha value is -2.22. The maximum atomic E-state index is 4.93. The van der Waals surface area contributed by atoms with E-state index in [1.54, 1.807) is 0 Å². The first-order chi connectivity index (χ1) is 24.2. The van der Waals surface area contributed by atoms with Crippen molar-refractivity contribution in [2.45, 2.75) is 118 Å². The van der Waals surface area contributed by atoms with Crippen molar-refractivity contribution in [2.24, 2.45) is 0 Å². The second kappa shape index (κ2) is 18.4. The summed E-state index contributed by atoms with van der Waals surface area (Å²) in [6.45, 7) is 31.7. The standard InChI is InChI=1S/2C23H27.C2H6Si.2ClH.Zr/c2*1-22(2,3)17-14-16-10-9-12-18(20(16)15-17)19-11-7-8-13-21(19)23(4,5)6;1-3-2;;;/h2*7-15H,1-6H3;1-2H3;2*1H;/q2*-1;;;;+4/p-2. The van der Waals surface area contributed by atoms with Gasteiger partial charge < -0.3 is 0 Å².